The van der Waals surface area contributed by atoms with Crippen molar-refractivity contribution < 1.29 is 53.4 Å². The molecule has 1 aliphatic heterocycles. The Morgan fingerprint density at radius 3 is 1.86 bits per heavy atom. The SMILES string of the molecule is CN1C(=O)[C@@H](Cc2ccc(O)cc2)NC(=O)CNC(=O)[C@H](Cc2ccc3ccccc3c2)NC(=O)[C@H](CCCN)NC(=O)[C@H]1CCCNC(=O)CCCCNC(=O)CCCCNC(=O)CNCCNCC(=O)O. The minimum Gasteiger partial charge on any atom is -0.508 e. The molecule has 4 atom stereocenters. The van der Waals surface area contributed by atoms with E-state index in [1.165, 1.54) is 24.1 Å². The van der Waals surface area contributed by atoms with E-state index in [1.54, 1.807) is 12.1 Å². The average molecular weight is 1020 g/mol. The van der Waals surface area contributed by atoms with Gasteiger partial charge in [0.25, 0.3) is 0 Å². The summed E-state index contributed by atoms with van der Waals surface area (Å²) in [5.41, 5.74) is 7.17. The lowest BCUT2D eigenvalue weighted by atomic mass is 10.00. The lowest BCUT2D eigenvalue weighted by Gasteiger charge is -2.32. The molecule has 73 heavy (non-hydrogen) atoms. The van der Waals surface area contributed by atoms with Crippen LogP contribution in [-0.4, -0.2) is 158 Å². The topological polar surface area (TPSA) is 332 Å². The Kier molecular flexibility index (Phi) is 25.6. The lowest BCUT2D eigenvalue weighted by Crippen LogP contribution is -2.58. The third kappa shape index (κ3) is 22.0. The summed E-state index contributed by atoms with van der Waals surface area (Å²) in [6.45, 7) is 1.42. The van der Waals surface area contributed by atoms with Crippen molar-refractivity contribution in [3.8, 4) is 5.75 Å². The molecule has 3 aromatic carbocycles. The molecule has 3 aromatic rings. The predicted octanol–water partition coefficient (Wildman–Crippen LogP) is -0.786. The molecule has 0 spiro atoms. The standard InChI is InChI=1S/C51H73N11O11/c1-62-42(13-9-25-56-44(65)15-4-6-23-55-43(64)14-5-7-24-57-45(66)31-53-26-27-54-33-47(68)69)50(72)60-39(12-8-22-52)49(71)61-40(30-35-16-19-36-10-2-3-11-37(36)28-35)48(70)58-32-46(67)59-41(51(62)73)29-34-17-20-38(63)21-18-34/h2-3,10-11,16-21,28,39-42,53-54,63H,4-9,12-15,22-27,29-33,52H2,1H3,(H,55,64)(H,56,65)(H,57,66)(H,58,70)(H,59,67)(H,60,72)(H,61,71)(H,68,69)/t39-,40-,41+,42+/m0/s1. The largest absolute Gasteiger partial charge is 0.508 e. The Morgan fingerprint density at radius 2 is 1.21 bits per heavy atom. The number of rotatable bonds is 28. The molecule has 8 amide bonds. The van der Waals surface area contributed by atoms with Gasteiger partial charge in [0, 0.05) is 65.5 Å². The second-order valence-electron chi connectivity index (χ2n) is 18.0. The zero-order valence-electron chi connectivity index (χ0n) is 41.6. The van der Waals surface area contributed by atoms with E-state index in [0.717, 1.165) is 16.3 Å². The van der Waals surface area contributed by atoms with E-state index >= 15 is 0 Å². The number of carbonyl (C=O) groups is 9. The first-order chi connectivity index (χ1) is 35.1. The second-order valence-corrected chi connectivity index (χ2v) is 18.0. The molecule has 0 aliphatic carbocycles. The van der Waals surface area contributed by atoms with Gasteiger partial charge in [0.15, 0.2) is 0 Å². The quantitative estimate of drug-likeness (QED) is 0.0397. The molecule has 0 radical (unpaired) electrons. The molecule has 0 bridgehead atoms. The van der Waals surface area contributed by atoms with Crippen molar-refractivity contribution in [2.24, 2.45) is 5.73 Å². The van der Waals surface area contributed by atoms with Crippen molar-refractivity contribution in [1.29, 1.82) is 0 Å². The zero-order chi connectivity index (χ0) is 53.0. The van der Waals surface area contributed by atoms with Crippen molar-refractivity contribution in [2.45, 2.75) is 101 Å². The maximum absolute atomic E-state index is 14.4. The molecule has 1 heterocycles. The van der Waals surface area contributed by atoms with E-state index in [4.69, 9.17) is 10.8 Å². The molecule has 0 saturated carbocycles. The van der Waals surface area contributed by atoms with Crippen LogP contribution in [0.5, 0.6) is 5.75 Å². The van der Waals surface area contributed by atoms with Gasteiger partial charge in [0.05, 0.1) is 19.6 Å². The van der Waals surface area contributed by atoms with Crippen LogP contribution in [0.4, 0.5) is 0 Å². The highest BCUT2D eigenvalue weighted by Crippen LogP contribution is 2.18. The van der Waals surface area contributed by atoms with E-state index in [1.807, 2.05) is 42.5 Å². The molecular weight excluding hydrogens is 943 g/mol. The van der Waals surface area contributed by atoms with Crippen LogP contribution in [0.3, 0.4) is 0 Å². The Morgan fingerprint density at radius 1 is 0.616 bits per heavy atom. The number of amides is 8. The normalized spacial score (nSPS) is 17.8. The summed E-state index contributed by atoms with van der Waals surface area (Å²) < 4.78 is 0. The fourth-order valence-electron chi connectivity index (χ4n) is 8.06. The van der Waals surface area contributed by atoms with Crippen LogP contribution in [0.2, 0.25) is 0 Å². The fraction of sp³-hybridized carbons (Fsp3) is 0.510. The van der Waals surface area contributed by atoms with E-state index < -0.39 is 66.2 Å². The van der Waals surface area contributed by atoms with Gasteiger partial charge in [-0.25, -0.2) is 0 Å². The highest BCUT2D eigenvalue weighted by atomic mass is 16.4. The second kappa shape index (κ2) is 32.0. The summed E-state index contributed by atoms with van der Waals surface area (Å²) in [7, 11) is 1.42. The molecule has 0 unspecified atom stereocenters. The minimum atomic E-state index is -1.22. The zero-order valence-corrected chi connectivity index (χ0v) is 41.6. The summed E-state index contributed by atoms with van der Waals surface area (Å²) in [6.07, 6.45) is 3.48. The number of hydrogen-bond donors (Lipinski definition) is 12. The molecule has 22 nitrogen and oxygen atoms in total. The molecule has 4 rings (SSSR count). The molecule has 1 saturated heterocycles. The van der Waals surface area contributed by atoms with Gasteiger partial charge in [0.1, 0.15) is 29.9 Å². The van der Waals surface area contributed by atoms with Crippen LogP contribution in [0.25, 0.3) is 10.8 Å². The molecule has 0 aromatic heterocycles. The van der Waals surface area contributed by atoms with Gasteiger partial charge >= 0.3 is 5.97 Å². The molecule has 1 aliphatic rings. The van der Waals surface area contributed by atoms with Gasteiger partial charge in [-0.2, -0.15) is 0 Å². The van der Waals surface area contributed by atoms with Gasteiger partial charge in [-0.05, 0) is 91.9 Å². The van der Waals surface area contributed by atoms with Gasteiger partial charge in [-0.15, -0.1) is 0 Å². The number of phenolic OH excluding ortho intramolecular Hbond substituents is 1. The summed E-state index contributed by atoms with van der Waals surface area (Å²) in [5, 5.41) is 45.4. The van der Waals surface area contributed by atoms with Crippen LogP contribution >= 0.6 is 0 Å². The van der Waals surface area contributed by atoms with Crippen LogP contribution in [-0.2, 0) is 56.0 Å². The predicted molar refractivity (Wildman–Crippen MR) is 272 cm³/mol. The lowest BCUT2D eigenvalue weighted by molar-refractivity contribution is -0.142. The first-order valence-corrected chi connectivity index (χ1v) is 25.0. The third-order valence-electron chi connectivity index (χ3n) is 12.1. The van der Waals surface area contributed by atoms with Gasteiger partial charge in [-0.3, -0.25) is 43.2 Å². The van der Waals surface area contributed by atoms with E-state index in [0.29, 0.717) is 63.8 Å². The average Bonchev–Trinajstić information content (AvgIpc) is 3.37. The van der Waals surface area contributed by atoms with Crippen LogP contribution in [0.15, 0.2) is 66.7 Å². The number of aromatic hydroxyl groups is 1. The van der Waals surface area contributed by atoms with Crippen LogP contribution in [0, 0.1) is 0 Å². The molecule has 1 fully saturated rings. The number of phenols is 1. The number of hydrogen-bond acceptors (Lipinski definition) is 13. The molecule has 13 N–H and O–H groups in total. The summed E-state index contributed by atoms with van der Waals surface area (Å²) >= 11 is 0. The Labute approximate surface area is 425 Å². The van der Waals surface area contributed by atoms with E-state index in [-0.39, 0.29) is 94.6 Å². The van der Waals surface area contributed by atoms with Crippen molar-refractivity contribution in [3.05, 3.63) is 77.9 Å². The Bertz CT molecular complexity index is 2320. The van der Waals surface area contributed by atoms with E-state index in [2.05, 4.69) is 47.9 Å². The molecular formula is C51H73N11O11. The number of nitrogens with zero attached hydrogens (tertiary/aromatic N) is 1. The number of carboxylic acids is 1. The number of carbonyl (C=O) groups excluding carboxylic acids is 8. The van der Waals surface area contributed by atoms with Crippen molar-refractivity contribution in [2.75, 3.05) is 66.0 Å². The molecule has 22 heteroatoms. The van der Waals surface area contributed by atoms with Crippen molar-refractivity contribution >= 4 is 64.0 Å². The number of benzene rings is 3. The highest BCUT2D eigenvalue weighted by molar-refractivity contribution is 5.97. The number of carboxylic acid groups (broad SMARTS) is 1. The number of fused-ring (bicyclic) bond motifs is 1. The Hall–Kier alpha value is -7.17. The summed E-state index contributed by atoms with van der Waals surface area (Å²) in [5.74, 6) is -4.84. The highest BCUT2D eigenvalue weighted by Gasteiger charge is 2.35. The van der Waals surface area contributed by atoms with Crippen molar-refractivity contribution in [1.82, 2.24) is 52.8 Å². The number of nitrogens with two attached hydrogens (primary N) is 1. The number of likely N-dealkylation sites (N-methyl/N-ethyl adjacent to an activating group) is 1. The minimum absolute atomic E-state index is 0.00181. The summed E-state index contributed by atoms with van der Waals surface area (Å²) in [6, 6.07) is 14.7. The number of nitrogens with one attached hydrogen (secondary N) is 9. The van der Waals surface area contributed by atoms with Crippen LogP contribution < -0.4 is 53.6 Å². The first kappa shape index (κ1) is 58.4. The number of unbranched alkanes of at least 4 members (excludes halogenated alkanes) is 2. The number of aliphatic carboxylic acids is 1. The van der Waals surface area contributed by atoms with Crippen LogP contribution in [0.1, 0.15) is 75.3 Å². The maximum atomic E-state index is 14.4. The third-order valence-corrected chi connectivity index (χ3v) is 12.1. The van der Waals surface area contributed by atoms with Crippen molar-refractivity contribution in [3.63, 3.8) is 0 Å². The van der Waals surface area contributed by atoms with Gasteiger partial charge in [-0.1, -0.05) is 54.6 Å². The smallest absolute Gasteiger partial charge is 0.317 e. The maximum Gasteiger partial charge on any atom is 0.317 e. The van der Waals surface area contributed by atoms with Gasteiger partial charge < -0.3 is 68.7 Å². The van der Waals surface area contributed by atoms with E-state index in [9.17, 15) is 48.3 Å². The fourth-order valence-corrected chi connectivity index (χ4v) is 8.06. The monoisotopic (exact) mass is 1020 g/mol. The first-order valence-electron chi connectivity index (χ1n) is 25.0. The Balaban J connectivity index is 1.33. The molecule has 398 valence electrons. The van der Waals surface area contributed by atoms with Gasteiger partial charge in [0.2, 0.25) is 47.3 Å². The summed E-state index contributed by atoms with van der Waals surface area (Å²) in [4.78, 5) is 119.